The van der Waals surface area contributed by atoms with E-state index in [1.54, 1.807) is 18.5 Å². The zero-order valence-electron chi connectivity index (χ0n) is 9.71. The van der Waals surface area contributed by atoms with Crippen LogP contribution in [-0.4, -0.2) is 20.9 Å². The molecule has 2 heterocycles. The van der Waals surface area contributed by atoms with Gasteiger partial charge in [0.15, 0.2) is 0 Å². The number of carbonyl (C=O) groups is 1. The smallest absolute Gasteiger partial charge is 0.270 e. The van der Waals surface area contributed by atoms with Gasteiger partial charge in [0, 0.05) is 18.6 Å². The minimum Gasteiger partial charge on any atom is -0.347 e. The molecule has 90 valence electrons. The first-order valence-corrected chi connectivity index (χ1v) is 5.37. The lowest BCUT2D eigenvalue weighted by Gasteiger charge is -2.10. The van der Waals surface area contributed by atoms with Crippen molar-refractivity contribution in [2.75, 3.05) is 0 Å². The van der Waals surface area contributed by atoms with Gasteiger partial charge in [-0.3, -0.25) is 4.79 Å². The summed E-state index contributed by atoms with van der Waals surface area (Å²) >= 11 is 0. The number of aromatic nitrogens is 3. The van der Waals surface area contributed by atoms with Crippen LogP contribution in [0.5, 0.6) is 0 Å². The summed E-state index contributed by atoms with van der Waals surface area (Å²) in [5.41, 5.74) is 0.693. The number of nitriles is 1. The molecule has 0 aliphatic heterocycles. The molecule has 2 aromatic rings. The number of pyridine rings is 1. The van der Waals surface area contributed by atoms with Crippen molar-refractivity contribution in [3.05, 3.63) is 47.8 Å². The second kappa shape index (κ2) is 5.10. The van der Waals surface area contributed by atoms with Gasteiger partial charge in [-0.05, 0) is 19.1 Å². The van der Waals surface area contributed by atoms with Gasteiger partial charge in [0.2, 0.25) is 0 Å². The Morgan fingerprint density at radius 2 is 2.33 bits per heavy atom. The number of imidazole rings is 1. The fourth-order valence-electron chi connectivity index (χ4n) is 1.45. The van der Waals surface area contributed by atoms with Crippen molar-refractivity contribution in [3.63, 3.8) is 0 Å². The number of hydrogen-bond acceptors (Lipinski definition) is 4. The van der Waals surface area contributed by atoms with E-state index in [4.69, 9.17) is 5.26 Å². The van der Waals surface area contributed by atoms with Crippen LogP contribution in [0.15, 0.2) is 30.7 Å². The standard InChI is InChI=1S/C12H11N5O/c1-8(11-14-4-5-15-11)17-12(18)10-3-2-9(6-13)7-16-10/h2-5,7-8H,1H3,(H,14,15)(H,17,18). The first-order valence-electron chi connectivity index (χ1n) is 5.37. The minimum atomic E-state index is -0.302. The summed E-state index contributed by atoms with van der Waals surface area (Å²) < 4.78 is 0. The Morgan fingerprint density at radius 3 is 2.89 bits per heavy atom. The van der Waals surface area contributed by atoms with Crippen molar-refractivity contribution in [1.29, 1.82) is 5.26 Å². The molecule has 18 heavy (non-hydrogen) atoms. The summed E-state index contributed by atoms with van der Waals surface area (Å²) in [7, 11) is 0. The van der Waals surface area contributed by atoms with Gasteiger partial charge in [0.25, 0.3) is 5.91 Å². The van der Waals surface area contributed by atoms with Gasteiger partial charge in [-0.25, -0.2) is 9.97 Å². The van der Waals surface area contributed by atoms with E-state index in [0.29, 0.717) is 11.4 Å². The van der Waals surface area contributed by atoms with Crippen LogP contribution in [0.25, 0.3) is 0 Å². The van der Waals surface area contributed by atoms with Crippen molar-refractivity contribution < 1.29 is 4.79 Å². The van der Waals surface area contributed by atoms with E-state index in [1.165, 1.54) is 12.3 Å². The Morgan fingerprint density at radius 1 is 1.50 bits per heavy atom. The van der Waals surface area contributed by atoms with Crippen molar-refractivity contribution in [1.82, 2.24) is 20.3 Å². The maximum Gasteiger partial charge on any atom is 0.270 e. The van der Waals surface area contributed by atoms with Crippen LogP contribution < -0.4 is 5.32 Å². The second-order valence-electron chi connectivity index (χ2n) is 3.71. The van der Waals surface area contributed by atoms with E-state index in [1.807, 2.05) is 13.0 Å². The normalized spacial score (nSPS) is 11.6. The number of nitrogens with zero attached hydrogens (tertiary/aromatic N) is 3. The Hall–Kier alpha value is -2.68. The lowest BCUT2D eigenvalue weighted by Crippen LogP contribution is -2.28. The number of rotatable bonds is 3. The highest BCUT2D eigenvalue weighted by atomic mass is 16.1. The van der Waals surface area contributed by atoms with E-state index in [0.717, 1.165) is 0 Å². The van der Waals surface area contributed by atoms with Gasteiger partial charge >= 0.3 is 0 Å². The topological polar surface area (TPSA) is 94.5 Å². The summed E-state index contributed by atoms with van der Waals surface area (Å²) in [6.45, 7) is 1.82. The Labute approximate surface area is 104 Å². The van der Waals surface area contributed by atoms with Crippen molar-refractivity contribution >= 4 is 5.91 Å². The predicted octanol–water partition coefficient (Wildman–Crippen LogP) is 1.17. The minimum absolute atomic E-state index is 0.232. The highest BCUT2D eigenvalue weighted by Gasteiger charge is 2.13. The molecule has 0 aromatic carbocycles. The molecule has 1 amide bonds. The maximum atomic E-state index is 11.9. The summed E-state index contributed by atoms with van der Waals surface area (Å²) in [4.78, 5) is 22.7. The lowest BCUT2D eigenvalue weighted by molar-refractivity contribution is 0.0933. The Bertz CT molecular complexity index is 568. The third-order valence-electron chi connectivity index (χ3n) is 2.40. The van der Waals surface area contributed by atoms with E-state index in [2.05, 4.69) is 20.3 Å². The van der Waals surface area contributed by atoms with E-state index in [9.17, 15) is 4.79 Å². The van der Waals surface area contributed by atoms with Crippen molar-refractivity contribution in [3.8, 4) is 6.07 Å². The summed E-state index contributed by atoms with van der Waals surface area (Å²) in [6, 6.07) is 4.79. The molecule has 0 spiro atoms. The molecular formula is C12H11N5O. The molecule has 0 bridgehead atoms. The lowest BCUT2D eigenvalue weighted by atomic mass is 10.2. The molecule has 6 heteroatoms. The zero-order valence-corrected chi connectivity index (χ0v) is 9.71. The molecule has 0 radical (unpaired) electrons. The first kappa shape index (κ1) is 11.8. The van der Waals surface area contributed by atoms with Gasteiger partial charge < -0.3 is 10.3 Å². The summed E-state index contributed by atoms with van der Waals surface area (Å²) in [5.74, 6) is 0.375. The Balaban J connectivity index is 2.05. The van der Waals surface area contributed by atoms with Crippen LogP contribution in [0.1, 0.15) is 34.8 Å². The van der Waals surface area contributed by atoms with Crippen LogP contribution in [0, 0.1) is 11.3 Å². The average molecular weight is 241 g/mol. The fourth-order valence-corrected chi connectivity index (χ4v) is 1.45. The number of hydrogen-bond donors (Lipinski definition) is 2. The second-order valence-corrected chi connectivity index (χ2v) is 3.71. The number of H-pyrrole nitrogens is 1. The van der Waals surface area contributed by atoms with Crippen LogP contribution >= 0.6 is 0 Å². The predicted molar refractivity (Wildman–Crippen MR) is 63.4 cm³/mol. The van der Waals surface area contributed by atoms with Crippen molar-refractivity contribution in [2.24, 2.45) is 0 Å². The van der Waals surface area contributed by atoms with Gasteiger partial charge in [0.05, 0.1) is 11.6 Å². The zero-order chi connectivity index (χ0) is 13.0. The van der Waals surface area contributed by atoms with Gasteiger partial charge in [0.1, 0.15) is 17.6 Å². The van der Waals surface area contributed by atoms with Gasteiger partial charge in [-0.1, -0.05) is 0 Å². The number of aromatic amines is 1. The molecule has 0 saturated carbocycles. The average Bonchev–Trinajstić information content (AvgIpc) is 2.92. The van der Waals surface area contributed by atoms with Crippen LogP contribution in [-0.2, 0) is 0 Å². The SMILES string of the molecule is CC(NC(=O)c1ccc(C#N)cn1)c1ncc[nH]1. The molecule has 2 rings (SSSR count). The van der Waals surface area contributed by atoms with E-state index >= 15 is 0 Å². The van der Waals surface area contributed by atoms with E-state index < -0.39 is 0 Å². The summed E-state index contributed by atoms with van der Waals surface area (Å²) in [5, 5.41) is 11.4. The molecule has 2 N–H and O–H groups in total. The number of carbonyl (C=O) groups excluding carboxylic acids is 1. The van der Waals surface area contributed by atoms with Crippen LogP contribution in [0.3, 0.4) is 0 Å². The molecule has 0 aliphatic carbocycles. The molecule has 0 saturated heterocycles. The van der Waals surface area contributed by atoms with Crippen LogP contribution in [0.2, 0.25) is 0 Å². The van der Waals surface area contributed by atoms with Crippen molar-refractivity contribution in [2.45, 2.75) is 13.0 Å². The number of amides is 1. The third kappa shape index (κ3) is 2.52. The van der Waals surface area contributed by atoms with Crippen LogP contribution in [0.4, 0.5) is 0 Å². The fraction of sp³-hybridized carbons (Fsp3) is 0.167. The molecular weight excluding hydrogens is 230 g/mol. The van der Waals surface area contributed by atoms with Gasteiger partial charge in [-0.2, -0.15) is 5.26 Å². The van der Waals surface area contributed by atoms with E-state index in [-0.39, 0.29) is 17.6 Å². The monoisotopic (exact) mass is 241 g/mol. The molecule has 0 fully saturated rings. The van der Waals surface area contributed by atoms with Gasteiger partial charge in [-0.15, -0.1) is 0 Å². The highest BCUT2D eigenvalue weighted by molar-refractivity contribution is 5.92. The third-order valence-corrected chi connectivity index (χ3v) is 2.40. The first-order chi connectivity index (χ1) is 8.70. The molecule has 0 aliphatic rings. The number of nitrogens with one attached hydrogen (secondary N) is 2. The highest BCUT2D eigenvalue weighted by Crippen LogP contribution is 2.07. The molecule has 1 atom stereocenters. The Kier molecular flexibility index (Phi) is 3.34. The quantitative estimate of drug-likeness (QED) is 0.843. The summed E-state index contributed by atoms with van der Waals surface area (Å²) in [6.07, 6.45) is 4.68. The maximum absolute atomic E-state index is 11.9. The molecule has 6 nitrogen and oxygen atoms in total. The largest absolute Gasteiger partial charge is 0.347 e. The molecule has 1 unspecified atom stereocenters. The molecule has 2 aromatic heterocycles.